The molecule has 3 aromatic carbocycles. The lowest BCUT2D eigenvalue weighted by atomic mass is 9.90. The van der Waals surface area contributed by atoms with E-state index in [1.54, 1.807) is 48.9 Å². The number of benzene rings is 3. The maximum atomic E-state index is 14.1. The summed E-state index contributed by atoms with van der Waals surface area (Å²) in [7, 11) is 1.57. The highest BCUT2D eigenvalue weighted by Gasteiger charge is 2.37. The monoisotopic (exact) mass is 585 g/mol. The molecule has 0 saturated carbocycles. The molecular weight excluding hydrogens is 556 g/mol. The van der Waals surface area contributed by atoms with Gasteiger partial charge in [-0.25, -0.2) is 9.79 Å². The van der Waals surface area contributed by atoms with Crippen molar-refractivity contribution in [3.8, 4) is 11.5 Å². The summed E-state index contributed by atoms with van der Waals surface area (Å²) >= 11 is 1.23. The number of allylic oxidation sites excluding steroid dienone is 1. The molecule has 0 radical (unpaired) electrons. The lowest BCUT2D eigenvalue weighted by Gasteiger charge is -2.28. The summed E-state index contributed by atoms with van der Waals surface area (Å²) in [6.07, 6.45) is 3.00. The molecule has 0 fully saturated rings. The number of nitrogens with zero attached hydrogens (tertiary/aromatic N) is 2. The van der Waals surface area contributed by atoms with Gasteiger partial charge in [-0.3, -0.25) is 9.36 Å². The largest absolute Gasteiger partial charge is 0.546 e. The first kappa shape index (κ1) is 28.8. The topological polar surface area (TPSA) is 119 Å². The lowest BCUT2D eigenvalue weighted by Crippen LogP contribution is -2.40. The van der Waals surface area contributed by atoms with Crippen LogP contribution in [-0.2, 0) is 14.3 Å². The van der Waals surface area contributed by atoms with Gasteiger partial charge < -0.3 is 24.1 Å². The van der Waals surface area contributed by atoms with Gasteiger partial charge in [0.25, 0.3) is 5.56 Å². The first-order chi connectivity index (χ1) is 20.4. The van der Waals surface area contributed by atoms with Gasteiger partial charge in [0.2, 0.25) is 0 Å². The van der Waals surface area contributed by atoms with Gasteiger partial charge in [0.1, 0.15) is 24.1 Å². The summed E-state index contributed by atoms with van der Waals surface area (Å²) in [4.78, 5) is 43.7. The molecule has 42 heavy (non-hydrogen) atoms. The van der Waals surface area contributed by atoms with Crippen molar-refractivity contribution in [2.24, 2.45) is 4.99 Å². The van der Waals surface area contributed by atoms with E-state index < -0.39 is 24.6 Å². The summed E-state index contributed by atoms with van der Waals surface area (Å²) in [6, 6.07) is 17.4. The SMILES string of the molecule is CCCC1=C(C(=O)OCC)[C@@H](c2c(OC)ccc3ccccc23)n2c(s/c(=C\c3ccc(OCC(=O)[O-])cc3)c2=O)=N1. The average molecular weight is 586 g/mol. The fraction of sp³-hybridized carbons (Fsp3) is 0.250. The number of methoxy groups -OCH3 is 1. The quantitative estimate of drug-likeness (QED) is 0.263. The van der Waals surface area contributed by atoms with Gasteiger partial charge in [-0.2, -0.15) is 0 Å². The number of hydrogen-bond acceptors (Lipinski definition) is 9. The van der Waals surface area contributed by atoms with Crippen LogP contribution in [0.5, 0.6) is 11.5 Å². The summed E-state index contributed by atoms with van der Waals surface area (Å²) in [5, 5.41) is 12.5. The zero-order valence-corrected chi connectivity index (χ0v) is 24.2. The Morgan fingerprint density at radius 3 is 2.52 bits per heavy atom. The van der Waals surface area contributed by atoms with E-state index in [9.17, 15) is 19.5 Å². The number of aromatic nitrogens is 1. The van der Waals surface area contributed by atoms with E-state index in [1.807, 2.05) is 43.3 Å². The van der Waals surface area contributed by atoms with Crippen molar-refractivity contribution in [2.45, 2.75) is 32.7 Å². The second-order valence-electron chi connectivity index (χ2n) is 9.55. The molecule has 0 N–H and O–H groups in total. The molecule has 10 heteroatoms. The Kier molecular flexibility index (Phi) is 8.53. The van der Waals surface area contributed by atoms with E-state index in [0.717, 1.165) is 17.2 Å². The molecule has 9 nitrogen and oxygen atoms in total. The van der Waals surface area contributed by atoms with E-state index >= 15 is 0 Å². The van der Waals surface area contributed by atoms with Crippen LogP contribution in [0.4, 0.5) is 0 Å². The standard InChI is InChI=1S/C32H30N2O7S/c1-4-8-23-28(31(38)40-5-2)29(27-22-10-7-6-9-20(22)13-16-24(27)39-3)34-30(37)25(42-32(34)33-23)17-19-11-14-21(15-12-19)41-18-26(35)36/h6-7,9-17,29H,4-5,8,18H2,1-3H3,(H,35,36)/p-1/b25-17-/t29-/m1/s1. The second-order valence-corrected chi connectivity index (χ2v) is 10.6. The molecule has 0 bridgehead atoms. The minimum absolute atomic E-state index is 0.175. The molecule has 0 aliphatic carbocycles. The van der Waals surface area contributed by atoms with Gasteiger partial charge in [-0.05, 0) is 54.0 Å². The predicted octanol–water partition coefficient (Wildman–Crippen LogP) is 2.87. The molecule has 1 aromatic heterocycles. The number of rotatable bonds is 10. The first-order valence-electron chi connectivity index (χ1n) is 13.6. The molecule has 1 aliphatic heterocycles. The highest BCUT2D eigenvalue weighted by Crippen LogP contribution is 2.41. The molecule has 2 heterocycles. The van der Waals surface area contributed by atoms with E-state index in [0.29, 0.717) is 49.7 Å². The molecule has 0 amide bonds. The van der Waals surface area contributed by atoms with Crippen molar-refractivity contribution >= 4 is 40.1 Å². The van der Waals surface area contributed by atoms with Crippen molar-refractivity contribution in [3.63, 3.8) is 0 Å². The van der Waals surface area contributed by atoms with Crippen LogP contribution in [0.2, 0.25) is 0 Å². The number of hydrogen-bond donors (Lipinski definition) is 0. The molecule has 5 rings (SSSR count). The van der Waals surface area contributed by atoms with Gasteiger partial charge in [0, 0.05) is 5.56 Å². The number of carboxylic acids is 1. The zero-order chi connectivity index (χ0) is 29.8. The van der Waals surface area contributed by atoms with Crippen molar-refractivity contribution in [2.75, 3.05) is 20.3 Å². The minimum Gasteiger partial charge on any atom is -0.546 e. The Morgan fingerprint density at radius 2 is 1.83 bits per heavy atom. The summed E-state index contributed by atoms with van der Waals surface area (Å²) in [5.41, 5.74) is 1.98. The van der Waals surface area contributed by atoms with Crippen LogP contribution >= 0.6 is 11.3 Å². The van der Waals surface area contributed by atoms with Gasteiger partial charge in [0.05, 0.1) is 35.5 Å². The van der Waals surface area contributed by atoms with Crippen LogP contribution in [0, 0.1) is 0 Å². The zero-order valence-electron chi connectivity index (χ0n) is 23.4. The first-order valence-corrected chi connectivity index (χ1v) is 14.4. The summed E-state index contributed by atoms with van der Waals surface area (Å²) < 4.78 is 18.5. The van der Waals surface area contributed by atoms with Gasteiger partial charge in [-0.1, -0.05) is 67.1 Å². The molecule has 1 atom stereocenters. The Balaban J connectivity index is 1.75. The van der Waals surface area contributed by atoms with E-state index in [2.05, 4.69) is 0 Å². The van der Waals surface area contributed by atoms with Crippen molar-refractivity contribution in [1.29, 1.82) is 0 Å². The normalized spacial score (nSPS) is 14.8. The third-order valence-corrected chi connectivity index (χ3v) is 7.83. The van der Waals surface area contributed by atoms with Crippen molar-refractivity contribution in [3.05, 3.63) is 103 Å². The predicted molar refractivity (Wildman–Crippen MR) is 157 cm³/mol. The molecule has 1 aliphatic rings. The molecule has 216 valence electrons. The third-order valence-electron chi connectivity index (χ3n) is 6.85. The van der Waals surface area contributed by atoms with E-state index in [1.165, 1.54) is 11.3 Å². The van der Waals surface area contributed by atoms with Crippen LogP contribution in [0.25, 0.3) is 16.8 Å². The fourth-order valence-electron chi connectivity index (χ4n) is 5.08. The van der Waals surface area contributed by atoms with Crippen molar-refractivity contribution < 1.29 is 28.9 Å². The van der Waals surface area contributed by atoms with Gasteiger partial charge in [0.15, 0.2) is 4.80 Å². The lowest BCUT2D eigenvalue weighted by molar-refractivity contribution is -0.307. The smallest absolute Gasteiger partial charge is 0.338 e. The van der Waals surface area contributed by atoms with E-state index in [-0.39, 0.29) is 12.2 Å². The Morgan fingerprint density at radius 1 is 1.07 bits per heavy atom. The number of esters is 1. The maximum absolute atomic E-state index is 14.1. The number of ether oxygens (including phenoxy) is 3. The third kappa shape index (κ3) is 5.58. The highest BCUT2D eigenvalue weighted by molar-refractivity contribution is 7.07. The van der Waals surface area contributed by atoms with Crippen LogP contribution in [0.15, 0.2) is 81.7 Å². The molecule has 0 saturated heterocycles. The van der Waals surface area contributed by atoms with Crippen LogP contribution in [-0.4, -0.2) is 36.8 Å². The average Bonchev–Trinajstić information content (AvgIpc) is 3.29. The highest BCUT2D eigenvalue weighted by atomic mass is 32.1. The fourth-order valence-corrected chi connectivity index (χ4v) is 6.10. The molecule has 0 spiro atoms. The van der Waals surface area contributed by atoms with Crippen LogP contribution in [0.1, 0.15) is 43.9 Å². The summed E-state index contributed by atoms with van der Waals surface area (Å²) in [5.74, 6) is -0.933. The molecular formula is C32H29N2O7S-. The number of fused-ring (bicyclic) bond motifs is 2. The van der Waals surface area contributed by atoms with E-state index in [4.69, 9.17) is 19.2 Å². The van der Waals surface area contributed by atoms with Crippen LogP contribution < -0.4 is 29.5 Å². The van der Waals surface area contributed by atoms with Gasteiger partial charge >= 0.3 is 5.97 Å². The second kappa shape index (κ2) is 12.4. The van der Waals surface area contributed by atoms with Crippen molar-refractivity contribution in [1.82, 2.24) is 4.57 Å². The van der Waals surface area contributed by atoms with Gasteiger partial charge in [-0.15, -0.1) is 0 Å². The Labute approximate surface area is 245 Å². The molecule has 0 unspecified atom stereocenters. The Bertz CT molecular complexity index is 1870. The number of carbonyl (C=O) groups excluding carboxylic acids is 2. The maximum Gasteiger partial charge on any atom is 0.338 e. The minimum atomic E-state index is -1.32. The Hall–Kier alpha value is -4.70. The number of aliphatic carboxylic acids is 1. The molecule has 4 aromatic rings. The summed E-state index contributed by atoms with van der Waals surface area (Å²) in [6.45, 7) is 3.37. The number of thiazole rings is 1. The number of carbonyl (C=O) groups is 2. The number of carboxylic acid groups (broad SMARTS) is 1. The van der Waals surface area contributed by atoms with Crippen LogP contribution in [0.3, 0.4) is 0 Å².